The highest BCUT2D eigenvalue weighted by molar-refractivity contribution is 5.47. The Morgan fingerprint density at radius 3 is 2.74 bits per heavy atom. The summed E-state index contributed by atoms with van der Waals surface area (Å²) in [5.41, 5.74) is 1.10. The number of nitrogens with zero attached hydrogens (tertiary/aromatic N) is 4. The first-order valence-corrected chi connectivity index (χ1v) is 5.61. The number of pyridine rings is 1. The summed E-state index contributed by atoms with van der Waals surface area (Å²) < 4.78 is 1.36. The summed E-state index contributed by atoms with van der Waals surface area (Å²) >= 11 is 0. The van der Waals surface area contributed by atoms with E-state index in [1.54, 1.807) is 26.1 Å². The van der Waals surface area contributed by atoms with Crippen LogP contribution in [0.1, 0.15) is 16.8 Å². The van der Waals surface area contributed by atoms with Crippen molar-refractivity contribution < 1.29 is 4.92 Å². The van der Waals surface area contributed by atoms with Gasteiger partial charge in [0.05, 0.1) is 22.7 Å². The zero-order chi connectivity index (χ0) is 14.0. The number of rotatable bonds is 3. The highest BCUT2D eigenvalue weighted by Crippen LogP contribution is 2.24. The third-order valence-corrected chi connectivity index (χ3v) is 2.86. The SMILES string of the molecule is Cc1cnc(Cn2cccnc2=O)c(C)c1[N+](=O)[O-]. The molecular weight excluding hydrogens is 248 g/mol. The molecule has 0 aliphatic rings. The smallest absolute Gasteiger partial charge is 0.293 e. The van der Waals surface area contributed by atoms with Gasteiger partial charge >= 0.3 is 5.69 Å². The molecule has 19 heavy (non-hydrogen) atoms. The molecule has 0 aliphatic heterocycles. The molecule has 0 aromatic carbocycles. The Kier molecular flexibility index (Phi) is 3.37. The van der Waals surface area contributed by atoms with Crippen molar-refractivity contribution in [2.75, 3.05) is 0 Å². The van der Waals surface area contributed by atoms with E-state index in [1.165, 1.54) is 17.0 Å². The molecule has 98 valence electrons. The number of nitro groups is 1. The summed E-state index contributed by atoms with van der Waals surface area (Å²) in [6.07, 6.45) is 4.42. The van der Waals surface area contributed by atoms with Crippen molar-refractivity contribution >= 4 is 5.69 Å². The summed E-state index contributed by atoms with van der Waals surface area (Å²) in [5.74, 6) is 0. The van der Waals surface area contributed by atoms with E-state index in [9.17, 15) is 14.9 Å². The molecule has 0 N–H and O–H groups in total. The van der Waals surface area contributed by atoms with Gasteiger partial charge in [-0.05, 0) is 19.9 Å². The van der Waals surface area contributed by atoms with Crippen LogP contribution in [0.5, 0.6) is 0 Å². The highest BCUT2D eigenvalue weighted by atomic mass is 16.6. The fraction of sp³-hybridized carbons (Fsp3) is 0.250. The van der Waals surface area contributed by atoms with E-state index >= 15 is 0 Å². The summed E-state index contributed by atoms with van der Waals surface area (Å²) in [5, 5.41) is 11.0. The molecule has 2 aromatic heterocycles. The van der Waals surface area contributed by atoms with E-state index in [4.69, 9.17) is 0 Å². The molecule has 0 saturated carbocycles. The van der Waals surface area contributed by atoms with E-state index in [1.807, 2.05) is 0 Å². The fourth-order valence-corrected chi connectivity index (χ4v) is 1.87. The zero-order valence-corrected chi connectivity index (χ0v) is 10.5. The van der Waals surface area contributed by atoms with Crippen LogP contribution >= 0.6 is 0 Å². The van der Waals surface area contributed by atoms with Gasteiger partial charge in [0.2, 0.25) is 0 Å². The first-order chi connectivity index (χ1) is 9.00. The van der Waals surface area contributed by atoms with Gasteiger partial charge in [-0.15, -0.1) is 0 Å². The molecule has 0 radical (unpaired) electrons. The highest BCUT2D eigenvalue weighted by Gasteiger charge is 2.18. The number of aryl methyl sites for hydroxylation is 1. The van der Waals surface area contributed by atoms with Gasteiger partial charge in [-0.2, -0.15) is 0 Å². The topological polar surface area (TPSA) is 90.9 Å². The van der Waals surface area contributed by atoms with Gasteiger partial charge in [-0.3, -0.25) is 19.7 Å². The fourth-order valence-electron chi connectivity index (χ4n) is 1.87. The lowest BCUT2D eigenvalue weighted by Gasteiger charge is -2.08. The molecule has 2 heterocycles. The molecule has 7 nitrogen and oxygen atoms in total. The monoisotopic (exact) mass is 260 g/mol. The minimum atomic E-state index is -0.429. The molecule has 0 saturated heterocycles. The van der Waals surface area contributed by atoms with Crippen LogP contribution in [-0.4, -0.2) is 19.5 Å². The molecule has 0 spiro atoms. The maximum atomic E-state index is 11.5. The van der Waals surface area contributed by atoms with Gasteiger partial charge in [-0.1, -0.05) is 0 Å². The Morgan fingerprint density at radius 2 is 2.11 bits per heavy atom. The van der Waals surface area contributed by atoms with E-state index in [0.717, 1.165) is 0 Å². The van der Waals surface area contributed by atoms with Crippen molar-refractivity contribution in [3.05, 3.63) is 62.1 Å². The number of hydrogen-bond donors (Lipinski definition) is 0. The van der Waals surface area contributed by atoms with Crippen molar-refractivity contribution in [1.82, 2.24) is 14.5 Å². The van der Waals surface area contributed by atoms with Crippen molar-refractivity contribution in [1.29, 1.82) is 0 Å². The first-order valence-electron chi connectivity index (χ1n) is 5.61. The van der Waals surface area contributed by atoms with Crippen LogP contribution in [0, 0.1) is 24.0 Å². The quantitative estimate of drug-likeness (QED) is 0.611. The molecule has 0 atom stereocenters. The van der Waals surface area contributed by atoms with Gasteiger partial charge < -0.3 is 0 Å². The largest absolute Gasteiger partial charge is 0.347 e. The summed E-state index contributed by atoms with van der Waals surface area (Å²) in [7, 11) is 0. The van der Waals surface area contributed by atoms with E-state index < -0.39 is 10.6 Å². The average Bonchev–Trinajstić information content (AvgIpc) is 2.35. The molecule has 0 bridgehead atoms. The van der Waals surface area contributed by atoms with E-state index in [0.29, 0.717) is 16.8 Å². The van der Waals surface area contributed by atoms with Gasteiger partial charge in [0.25, 0.3) is 5.69 Å². The second-order valence-electron chi connectivity index (χ2n) is 4.15. The van der Waals surface area contributed by atoms with Gasteiger partial charge in [0, 0.05) is 24.2 Å². The van der Waals surface area contributed by atoms with Crippen LogP contribution in [0.3, 0.4) is 0 Å². The first kappa shape index (κ1) is 12.9. The zero-order valence-electron chi connectivity index (χ0n) is 10.5. The molecule has 2 aromatic rings. The van der Waals surface area contributed by atoms with Crippen LogP contribution < -0.4 is 5.69 Å². The Labute approximate surface area is 108 Å². The summed E-state index contributed by atoms with van der Waals surface area (Å²) in [6, 6.07) is 1.62. The predicted molar refractivity (Wildman–Crippen MR) is 68.0 cm³/mol. The van der Waals surface area contributed by atoms with Gasteiger partial charge in [0.15, 0.2) is 0 Å². The van der Waals surface area contributed by atoms with Crippen LogP contribution in [0.25, 0.3) is 0 Å². The third-order valence-electron chi connectivity index (χ3n) is 2.86. The third kappa shape index (κ3) is 2.49. The molecule has 0 amide bonds. The average molecular weight is 260 g/mol. The Balaban J connectivity index is 2.48. The van der Waals surface area contributed by atoms with Crippen molar-refractivity contribution in [2.24, 2.45) is 0 Å². The van der Waals surface area contributed by atoms with Crippen molar-refractivity contribution in [3.63, 3.8) is 0 Å². The Bertz CT molecular complexity index is 694. The van der Waals surface area contributed by atoms with Crippen LogP contribution in [0.2, 0.25) is 0 Å². The lowest BCUT2D eigenvalue weighted by molar-refractivity contribution is -0.386. The summed E-state index contributed by atoms with van der Waals surface area (Å²) in [4.78, 5) is 29.9. The number of hydrogen-bond acceptors (Lipinski definition) is 5. The van der Waals surface area contributed by atoms with Crippen LogP contribution in [0.15, 0.2) is 29.5 Å². The van der Waals surface area contributed by atoms with Gasteiger partial charge in [0.1, 0.15) is 0 Å². The predicted octanol–water partition coefficient (Wildman–Crippen LogP) is 1.21. The molecule has 0 aliphatic carbocycles. The molecule has 0 unspecified atom stereocenters. The van der Waals surface area contributed by atoms with E-state index in [2.05, 4.69) is 9.97 Å². The standard InChI is InChI=1S/C12H12N4O3/c1-8-6-14-10(9(2)11(8)16(18)19)7-15-5-3-4-13-12(15)17/h3-6H,7H2,1-2H3. The van der Waals surface area contributed by atoms with Crippen molar-refractivity contribution in [3.8, 4) is 0 Å². The van der Waals surface area contributed by atoms with Crippen LogP contribution in [-0.2, 0) is 6.54 Å². The Morgan fingerprint density at radius 1 is 1.37 bits per heavy atom. The Hall–Kier alpha value is -2.57. The van der Waals surface area contributed by atoms with Crippen LogP contribution in [0.4, 0.5) is 5.69 Å². The minimum absolute atomic E-state index is 0.0435. The normalized spacial score (nSPS) is 10.4. The molecule has 2 rings (SSSR count). The molecular formula is C12H12N4O3. The van der Waals surface area contributed by atoms with Gasteiger partial charge in [-0.25, -0.2) is 9.78 Å². The number of aromatic nitrogens is 3. The maximum Gasteiger partial charge on any atom is 0.347 e. The molecule has 0 fully saturated rings. The second kappa shape index (κ2) is 4.97. The summed E-state index contributed by atoms with van der Waals surface area (Å²) in [6.45, 7) is 3.44. The van der Waals surface area contributed by atoms with Crippen molar-refractivity contribution in [2.45, 2.75) is 20.4 Å². The van der Waals surface area contributed by atoms with E-state index in [-0.39, 0.29) is 12.2 Å². The molecule has 7 heteroatoms. The lowest BCUT2D eigenvalue weighted by Crippen LogP contribution is -2.23. The lowest BCUT2D eigenvalue weighted by atomic mass is 10.1. The maximum absolute atomic E-state index is 11.5. The minimum Gasteiger partial charge on any atom is -0.293 e. The second-order valence-corrected chi connectivity index (χ2v) is 4.15.